The highest BCUT2D eigenvalue weighted by atomic mass is 16.5. The van der Waals surface area contributed by atoms with Gasteiger partial charge in [0.15, 0.2) is 0 Å². The highest BCUT2D eigenvalue weighted by molar-refractivity contribution is 5.94. The molecule has 184 valence electrons. The first-order chi connectivity index (χ1) is 16.9. The zero-order valence-electron chi connectivity index (χ0n) is 20.0. The third-order valence-corrected chi connectivity index (χ3v) is 6.85. The average Bonchev–Trinajstić information content (AvgIpc) is 3.43. The van der Waals surface area contributed by atoms with E-state index in [-0.39, 0.29) is 38.1 Å². The number of alkyl carbamates (subject to hydrolysis) is 1. The van der Waals surface area contributed by atoms with Gasteiger partial charge in [0.25, 0.3) is 0 Å². The van der Waals surface area contributed by atoms with Gasteiger partial charge in [0.1, 0.15) is 12.0 Å². The van der Waals surface area contributed by atoms with E-state index in [1.165, 1.54) is 12.0 Å². The summed E-state index contributed by atoms with van der Waals surface area (Å²) in [5.41, 5.74) is 3.95. The molecule has 2 aromatic carbocycles. The van der Waals surface area contributed by atoms with E-state index in [2.05, 4.69) is 29.6 Å². The number of carbonyl (C=O) groups is 3. The number of methoxy groups -OCH3 is 1. The summed E-state index contributed by atoms with van der Waals surface area (Å²) in [5.74, 6) is -1.24. The molecule has 1 aliphatic carbocycles. The summed E-state index contributed by atoms with van der Waals surface area (Å²) in [5, 5.41) is 12.2. The van der Waals surface area contributed by atoms with Crippen LogP contribution in [0.25, 0.3) is 11.1 Å². The molecule has 1 heterocycles. The van der Waals surface area contributed by atoms with Gasteiger partial charge in [-0.25, -0.2) is 4.79 Å². The third kappa shape index (κ3) is 4.93. The van der Waals surface area contributed by atoms with Crippen molar-refractivity contribution >= 4 is 18.0 Å². The Bertz CT molecular complexity index is 1110. The summed E-state index contributed by atoms with van der Waals surface area (Å²) in [6.45, 7) is 2.49. The molecule has 1 atom stereocenters. The van der Waals surface area contributed by atoms with Crippen molar-refractivity contribution in [3.05, 3.63) is 71.3 Å². The highest BCUT2D eigenvalue weighted by Crippen LogP contribution is 2.44. The summed E-state index contributed by atoms with van der Waals surface area (Å²) in [4.78, 5) is 38.3. The van der Waals surface area contributed by atoms with Gasteiger partial charge in [-0.15, -0.1) is 0 Å². The quantitative estimate of drug-likeness (QED) is 0.564. The number of rotatable bonds is 8. The van der Waals surface area contributed by atoms with Crippen LogP contribution in [-0.4, -0.2) is 67.9 Å². The second-order valence-corrected chi connectivity index (χ2v) is 9.09. The minimum atomic E-state index is -1.08. The minimum absolute atomic E-state index is 0.0243. The van der Waals surface area contributed by atoms with Crippen molar-refractivity contribution in [2.75, 3.05) is 40.0 Å². The fraction of sp³-hybridized carbons (Fsp3) is 0.370. The molecule has 0 aromatic heterocycles. The molecule has 2 N–H and O–H groups in total. The monoisotopic (exact) mass is 478 g/mol. The summed E-state index contributed by atoms with van der Waals surface area (Å²) in [7, 11) is 1.45. The van der Waals surface area contributed by atoms with Gasteiger partial charge < -0.3 is 24.8 Å². The Morgan fingerprint density at radius 2 is 1.74 bits per heavy atom. The molecule has 0 radical (unpaired) electrons. The number of benzene rings is 2. The number of hydrogen-bond acceptors (Lipinski definition) is 5. The van der Waals surface area contributed by atoms with E-state index < -0.39 is 17.5 Å². The molecule has 0 spiro atoms. The van der Waals surface area contributed by atoms with Crippen molar-refractivity contribution in [2.24, 2.45) is 5.41 Å². The van der Waals surface area contributed by atoms with Crippen LogP contribution in [0.5, 0.6) is 0 Å². The molecule has 1 saturated heterocycles. The minimum Gasteiger partial charge on any atom is -0.481 e. The lowest BCUT2D eigenvalue weighted by molar-refractivity contribution is -0.151. The topological polar surface area (TPSA) is 105 Å². The summed E-state index contributed by atoms with van der Waals surface area (Å²) in [6.07, 6.45) is 1.39. The Morgan fingerprint density at radius 3 is 2.34 bits per heavy atom. The van der Waals surface area contributed by atoms with E-state index in [4.69, 9.17) is 9.47 Å². The Morgan fingerprint density at radius 1 is 1.11 bits per heavy atom. The molecule has 8 nitrogen and oxygen atoms in total. The summed E-state index contributed by atoms with van der Waals surface area (Å²) >= 11 is 0. The van der Waals surface area contributed by atoms with Crippen molar-refractivity contribution in [1.82, 2.24) is 10.2 Å². The van der Waals surface area contributed by atoms with Crippen LogP contribution in [0.2, 0.25) is 0 Å². The molecule has 1 aliphatic heterocycles. The fourth-order valence-electron chi connectivity index (χ4n) is 4.95. The van der Waals surface area contributed by atoms with E-state index in [1.807, 2.05) is 24.3 Å². The van der Waals surface area contributed by atoms with Gasteiger partial charge in [0.2, 0.25) is 5.91 Å². The molecule has 8 heteroatoms. The molecule has 1 unspecified atom stereocenters. The predicted molar refractivity (Wildman–Crippen MR) is 130 cm³/mol. The number of nitrogens with one attached hydrogen (secondary N) is 1. The van der Waals surface area contributed by atoms with Crippen molar-refractivity contribution in [1.29, 1.82) is 0 Å². The van der Waals surface area contributed by atoms with E-state index in [9.17, 15) is 19.5 Å². The molecular weight excluding hydrogens is 448 g/mol. The first-order valence-corrected chi connectivity index (χ1v) is 11.6. The number of likely N-dealkylation sites (tertiary alicyclic amines) is 1. The Hall–Kier alpha value is -3.65. The maximum absolute atomic E-state index is 12.7. The normalized spacial score (nSPS) is 19.3. The summed E-state index contributed by atoms with van der Waals surface area (Å²) < 4.78 is 10.6. The zero-order chi connectivity index (χ0) is 25.0. The molecule has 35 heavy (non-hydrogen) atoms. The van der Waals surface area contributed by atoms with Crippen LogP contribution >= 0.6 is 0 Å². The molecule has 1 fully saturated rings. The van der Waals surface area contributed by atoms with Gasteiger partial charge in [0, 0.05) is 38.2 Å². The van der Waals surface area contributed by atoms with E-state index >= 15 is 0 Å². The molecule has 2 amide bonds. The molecule has 2 aliphatic rings. The van der Waals surface area contributed by atoms with Gasteiger partial charge in [0.05, 0.1) is 6.61 Å². The summed E-state index contributed by atoms with van der Waals surface area (Å²) in [6, 6.07) is 16.2. The Labute approximate surface area is 204 Å². The van der Waals surface area contributed by atoms with E-state index in [0.717, 1.165) is 22.3 Å². The van der Waals surface area contributed by atoms with Crippen LogP contribution in [0.1, 0.15) is 30.4 Å². The third-order valence-electron chi connectivity index (χ3n) is 6.85. The smallest absolute Gasteiger partial charge is 0.407 e. The average molecular weight is 479 g/mol. The SMILES string of the molecule is COCC1(C(=O)O)CCN(C(=O)/C(C)=C/CNC(=O)OCC2c3ccccc3-c3ccccc32)C1. The fourth-order valence-corrected chi connectivity index (χ4v) is 4.95. The van der Waals surface area contributed by atoms with E-state index in [0.29, 0.717) is 18.5 Å². The lowest BCUT2D eigenvalue weighted by Gasteiger charge is -2.24. The number of aliphatic carboxylic acids is 1. The van der Waals surface area contributed by atoms with Crippen LogP contribution in [0.4, 0.5) is 4.79 Å². The van der Waals surface area contributed by atoms with Crippen LogP contribution in [-0.2, 0) is 19.1 Å². The highest BCUT2D eigenvalue weighted by Gasteiger charge is 2.46. The molecular formula is C27H30N2O6. The molecule has 2 aromatic rings. The lowest BCUT2D eigenvalue weighted by Crippen LogP contribution is -2.40. The second-order valence-electron chi connectivity index (χ2n) is 9.09. The van der Waals surface area contributed by atoms with Crippen LogP contribution in [0.15, 0.2) is 60.2 Å². The van der Waals surface area contributed by atoms with Crippen LogP contribution in [0, 0.1) is 5.41 Å². The number of hydrogen-bond donors (Lipinski definition) is 2. The first-order valence-electron chi connectivity index (χ1n) is 11.6. The largest absolute Gasteiger partial charge is 0.481 e. The van der Waals surface area contributed by atoms with Crippen LogP contribution in [0.3, 0.4) is 0 Å². The van der Waals surface area contributed by atoms with Crippen molar-refractivity contribution in [3.8, 4) is 11.1 Å². The lowest BCUT2D eigenvalue weighted by atomic mass is 9.88. The van der Waals surface area contributed by atoms with Gasteiger partial charge >= 0.3 is 12.1 Å². The number of ether oxygens (including phenoxy) is 2. The number of carbonyl (C=O) groups excluding carboxylic acids is 2. The number of carboxylic acid groups (broad SMARTS) is 1. The Kier molecular flexibility index (Phi) is 7.21. The number of nitrogens with zero attached hydrogens (tertiary/aromatic N) is 1. The van der Waals surface area contributed by atoms with Crippen molar-refractivity contribution < 1.29 is 29.0 Å². The maximum Gasteiger partial charge on any atom is 0.407 e. The predicted octanol–water partition coefficient (Wildman–Crippen LogP) is 3.42. The zero-order valence-corrected chi connectivity index (χ0v) is 20.0. The van der Waals surface area contributed by atoms with Crippen molar-refractivity contribution in [2.45, 2.75) is 19.3 Å². The first kappa shape index (κ1) is 24.5. The van der Waals surface area contributed by atoms with Gasteiger partial charge in [-0.1, -0.05) is 54.6 Å². The number of fused-ring (bicyclic) bond motifs is 3. The van der Waals surface area contributed by atoms with Crippen molar-refractivity contribution in [3.63, 3.8) is 0 Å². The standard InChI is InChI=1S/C27H30N2O6/c1-18(24(30)29-14-12-27(16-29,17-34-2)25(31)32)11-13-28-26(33)35-15-23-21-9-5-3-7-19(21)20-8-4-6-10-22(20)23/h3-11,23H,12-17H2,1-2H3,(H,28,33)(H,31,32)/b18-11+. The Balaban J connectivity index is 1.29. The molecule has 0 bridgehead atoms. The number of carboxylic acids is 1. The van der Waals surface area contributed by atoms with E-state index in [1.54, 1.807) is 13.0 Å². The van der Waals surface area contributed by atoms with Gasteiger partial charge in [-0.2, -0.15) is 0 Å². The molecule has 0 saturated carbocycles. The number of amides is 2. The maximum atomic E-state index is 12.7. The molecule has 4 rings (SSSR count). The van der Waals surface area contributed by atoms with Gasteiger partial charge in [-0.05, 0) is 35.6 Å². The van der Waals surface area contributed by atoms with Crippen LogP contribution < -0.4 is 5.32 Å². The van der Waals surface area contributed by atoms with Gasteiger partial charge in [-0.3, -0.25) is 9.59 Å². The second kappa shape index (κ2) is 10.3.